The second-order valence-electron chi connectivity index (χ2n) is 7.32. The average Bonchev–Trinajstić information content (AvgIpc) is 3.23. The smallest absolute Gasteiger partial charge is 0.419 e. The number of anilines is 1. The van der Waals surface area contributed by atoms with Crippen molar-refractivity contribution in [3.8, 4) is 11.5 Å². The number of aromatic nitrogens is 1. The Bertz CT molecular complexity index is 920. The predicted molar refractivity (Wildman–Crippen MR) is 104 cm³/mol. The van der Waals surface area contributed by atoms with Gasteiger partial charge >= 0.3 is 6.18 Å². The summed E-state index contributed by atoms with van der Waals surface area (Å²) in [6.07, 6.45) is -2.03. The highest BCUT2D eigenvalue weighted by molar-refractivity contribution is 5.80. The first-order valence-electron chi connectivity index (χ1n) is 9.85. The minimum atomic E-state index is -4.48. The van der Waals surface area contributed by atoms with Crippen LogP contribution in [0.15, 0.2) is 36.5 Å². The van der Waals surface area contributed by atoms with Crippen molar-refractivity contribution in [2.75, 3.05) is 37.7 Å². The fraction of sp³-hybridized carbons (Fsp3) is 0.429. The first-order valence-corrected chi connectivity index (χ1v) is 9.85. The van der Waals surface area contributed by atoms with Crippen molar-refractivity contribution in [3.63, 3.8) is 0 Å². The summed E-state index contributed by atoms with van der Waals surface area (Å²) in [4.78, 5) is 17.9. The normalized spacial score (nSPS) is 18.4. The molecule has 1 N–H and O–H groups in total. The molecular weight excluding hydrogens is 399 g/mol. The zero-order valence-corrected chi connectivity index (χ0v) is 16.2. The number of nitrogens with one attached hydrogen (secondary N) is 1. The van der Waals surface area contributed by atoms with Crippen molar-refractivity contribution in [1.29, 1.82) is 0 Å². The topological polar surface area (TPSA) is 63.7 Å². The summed E-state index contributed by atoms with van der Waals surface area (Å²) in [7, 11) is 0. The van der Waals surface area contributed by atoms with Crippen molar-refractivity contribution in [3.05, 3.63) is 47.7 Å². The van der Waals surface area contributed by atoms with Crippen LogP contribution in [0.4, 0.5) is 19.0 Å². The van der Waals surface area contributed by atoms with Crippen LogP contribution >= 0.6 is 0 Å². The first-order chi connectivity index (χ1) is 14.4. The molecule has 1 amide bonds. The summed E-state index contributed by atoms with van der Waals surface area (Å²) < 4.78 is 50.7. The minimum absolute atomic E-state index is 0.114. The van der Waals surface area contributed by atoms with E-state index in [0.29, 0.717) is 50.6 Å². The maximum Gasteiger partial charge on any atom is 0.419 e. The molecule has 2 aromatic rings. The van der Waals surface area contributed by atoms with Crippen LogP contribution in [-0.4, -0.2) is 43.7 Å². The molecule has 1 fully saturated rings. The van der Waals surface area contributed by atoms with Gasteiger partial charge in [-0.25, -0.2) is 4.98 Å². The van der Waals surface area contributed by atoms with Gasteiger partial charge in [-0.15, -0.1) is 0 Å². The molecule has 4 rings (SSSR count). The Kier molecular flexibility index (Phi) is 5.69. The molecule has 0 spiro atoms. The van der Waals surface area contributed by atoms with E-state index in [-0.39, 0.29) is 24.2 Å². The number of alkyl halides is 3. The number of hydrogen-bond donors (Lipinski definition) is 1. The van der Waals surface area contributed by atoms with Gasteiger partial charge in [0.1, 0.15) is 19.0 Å². The van der Waals surface area contributed by atoms with Crippen molar-refractivity contribution in [1.82, 2.24) is 10.3 Å². The Balaban J connectivity index is 1.31. The van der Waals surface area contributed by atoms with E-state index in [1.807, 2.05) is 18.2 Å². The van der Waals surface area contributed by atoms with Crippen LogP contribution in [0.3, 0.4) is 0 Å². The number of nitrogens with zero attached hydrogens (tertiary/aromatic N) is 2. The van der Waals surface area contributed by atoms with Gasteiger partial charge < -0.3 is 19.7 Å². The number of rotatable bonds is 5. The quantitative estimate of drug-likeness (QED) is 0.804. The van der Waals surface area contributed by atoms with Crippen molar-refractivity contribution >= 4 is 11.7 Å². The van der Waals surface area contributed by atoms with Gasteiger partial charge in [-0.3, -0.25) is 4.79 Å². The number of halogens is 3. The zero-order chi connectivity index (χ0) is 21.1. The number of fused-ring (bicyclic) bond motifs is 1. The highest BCUT2D eigenvalue weighted by Gasteiger charge is 2.38. The molecule has 3 heterocycles. The van der Waals surface area contributed by atoms with Gasteiger partial charge in [0, 0.05) is 25.8 Å². The number of carbonyl (C=O) groups is 1. The first kappa shape index (κ1) is 20.3. The summed E-state index contributed by atoms with van der Waals surface area (Å²) in [5.41, 5.74) is 0.237. The molecule has 1 aromatic carbocycles. The van der Waals surface area contributed by atoms with Crippen molar-refractivity contribution < 1.29 is 27.4 Å². The Hall–Kier alpha value is -2.97. The number of hydrogen-bond acceptors (Lipinski definition) is 5. The van der Waals surface area contributed by atoms with Gasteiger partial charge in [0.25, 0.3) is 0 Å². The van der Waals surface area contributed by atoms with Crippen molar-refractivity contribution in [2.45, 2.75) is 19.0 Å². The molecular formula is C21H22F3N3O3. The number of carbonyl (C=O) groups excluding carboxylic acids is 1. The maximum absolute atomic E-state index is 13.2. The van der Waals surface area contributed by atoms with E-state index in [9.17, 15) is 18.0 Å². The second-order valence-corrected chi connectivity index (χ2v) is 7.32. The molecule has 6 nitrogen and oxygen atoms in total. The summed E-state index contributed by atoms with van der Waals surface area (Å²) in [6, 6.07) is 7.97. The molecule has 0 unspecified atom stereocenters. The Morgan fingerprint density at radius 3 is 2.80 bits per heavy atom. The summed E-state index contributed by atoms with van der Waals surface area (Å²) in [5.74, 6) is 0.782. The molecule has 9 heteroatoms. The van der Waals surface area contributed by atoms with Gasteiger partial charge in [0.15, 0.2) is 11.5 Å². The highest BCUT2D eigenvalue weighted by atomic mass is 19.4. The van der Waals surface area contributed by atoms with Crippen LogP contribution in [0.2, 0.25) is 0 Å². The lowest BCUT2D eigenvalue weighted by atomic mass is 10.1. The largest absolute Gasteiger partial charge is 0.486 e. The van der Waals surface area contributed by atoms with E-state index in [1.54, 1.807) is 0 Å². The molecule has 0 saturated carbocycles. The van der Waals surface area contributed by atoms with Crippen LogP contribution in [0, 0.1) is 5.92 Å². The number of ether oxygens (including phenoxy) is 2. The highest BCUT2D eigenvalue weighted by Crippen LogP contribution is 2.37. The third-order valence-electron chi connectivity index (χ3n) is 5.27. The van der Waals surface area contributed by atoms with E-state index < -0.39 is 11.7 Å². The number of amides is 1. The predicted octanol–water partition coefficient (Wildman–Crippen LogP) is 3.06. The SMILES string of the molecule is O=C(NCCc1ccc2c(c1)OCCO2)[C@@H]1CCN(c2ncccc2C(F)(F)F)C1. The third-order valence-corrected chi connectivity index (χ3v) is 5.27. The van der Waals surface area contributed by atoms with Crippen LogP contribution in [0.1, 0.15) is 17.5 Å². The molecule has 0 aliphatic carbocycles. The molecule has 1 saturated heterocycles. The Labute approximate surface area is 172 Å². The fourth-order valence-corrected chi connectivity index (χ4v) is 3.75. The van der Waals surface area contributed by atoms with Gasteiger partial charge in [0.05, 0.1) is 11.5 Å². The van der Waals surface area contributed by atoms with Gasteiger partial charge in [-0.2, -0.15) is 13.2 Å². The second kappa shape index (κ2) is 8.41. The molecule has 0 bridgehead atoms. The van der Waals surface area contributed by atoms with Crippen LogP contribution < -0.4 is 19.7 Å². The maximum atomic E-state index is 13.2. The summed E-state index contributed by atoms with van der Waals surface area (Å²) in [5, 5.41) is 2.89. The minimum Gasteiger partial charge on any atom is -0.486 e. The van der Waals surface area contributed by atoms with E-state index in [4.69, 9.17) is 9.47 Å². The van der Waals surface area contributed by atoms with E-state index in [0.717, 1.165) is 11.6 Å². The van der Waals surface area contributed by atoms with E-state index >= 15 is 0 Å². The molecule has 2 aliphatic heterocycles. The standard InChI is InChI=1S/C21H22F3N3O3/c22-21(23,24)16-2-1-7-25-19(16)27-9-6-15(13-27)20(28)26-8-5-14-3-4-17-18(12-14)30-11-10-29-17/h1-4,7,12,15H,5-6,8-11,13H2,(H,26,28)/t15-/m1/s1. The summed E-state index contributed by atoms with van der Waals surface area (Å²) >= 11 is 0. The van der Waals surface area contributed by atoms with Gasteiger partial charge in [0.2, 0.25) is 5.91 Å². The van der Waals surface area contributed by atoms with Crippen molar-refractivity contribution in [2.24, 2.45) is 5.92 Å². The monoisotopic (exact) mass is 421 g/mol. The van der Waals surface area contributed by atoms with E-state index in [2.05, 4.69) is 10.3 Å². The average molecular weight is 421 g/mol. The molecule has 1 atom stereocenters. The molecule has 30 heavy (non-hydrogen) atoms. The van der Waals surface area contributed by atoms with Crippen LogP contribution in [-0.2, 0) is 17.4 Å². The summed E-state index contributed by atoms with van der Waals surface area (Å²) in [6.45, 7) is 2.06. The van der Waals surface area contributed by atoms with Gasteiger partial charge in [-0.05, 0) is 42.7 Å². The van der Waals surface area contributed by atoms with E-state index in [1.165, 1.54) is 17.2 Å². The lowest BCUT2D eigenvalue weighted by Gasteiger charge is -2.21. The molecule has 1 aromatic heterocycles. The Morgan fingerprint density at radius 1 is 1.20 bits per heavy atom. The number of benzene rings is 1. The third kappa shape index (κ3) is 4.44. The molecule has 2 aliphatic rings. The number of pyridine rings is 1. The Morgan fingerprint density at radius 2 is 2.00 bits per heavy atom. The fourth-order valence-electron chi connectivity index (χ4n) is 3.75. The van der Waals surface area contributed by atoms with Crippen LogP contribution in [0.5, 0.6) is 11.5 Å². The van der Waals surface area contributed by atoms with Gasteiger partial charge in [-0.1, -0.05) is 6.07 Å². The lowest BCUT2D eigenvalue weighted by Crippen LogP contribution is -2.34. The zero-order valence-electron chi connectivity index (χ0n) is 16.2. The van der Waals surface area contributed by atoms with Crippen LogP contribution in [0.25, 0.3) is 0 Å². The lowest BCUT2D eigenvalue weighted by molar-refractivity contribution is -0.137. The molecule has 0 radical (unpaired) electrons. The molecule has 160 valence electrons.